The summed E-state index contributed by atoms with van der Waals surface area (Å²) in [6, 6.07) is 16.5. The monoisotopic (exact) mass is 274 g/mol. The summed E-state index contributed by atoms with van der Waals surface area (Å²) in [6.45, 7) is 2.10. The van der Waals surface area contributed by atoms with Gasteiger partial charge in [0, 0.05) is 10.8 Å². The fourth-order valence-corrected chi connectivity index (χ4v) is 2.39. The molecule has 0 nitrogen and oxygen atoms in total. The first-order valence-electron chi connectivity index (χ1n) is 5.83. The Morgan fingerprint density at radius 3 is 2.33 bits per heavy atom. The van der Waals surface area contributed by atoms with E-state index in [0.29, 0.717) is 0 Å². The molecule has 2 aromatic rings. The van der Waals surface area contributed by atoms with Crippen LogP contribution < -0.4 is 0 Å². The smallest absolute Gasteiger partial charge is 0.0406 e. The molecule has 2 rings (SSSR count). The third kappa shape index (κ3) is 4.25. The Balaban J connectivity index is 1.84. The van der Waals surface area contributed by atoms with Crippen molar-refractivity contribution in [3.05, 3.63) is 75.7 Å². The van der Waals surface area contributed by atoms with Crippen LogP contribution in [0.3, 0.4) is 0 Å². The van der Waals surface area contributed by atoms with E-state index in [1.807, 2.05) is 12.1 Å². The van der Waals surface area contributed by atoms with Crippen LogP contribution in [-0.2, 0) is 5.75 Å². The van der Waals surface area contributed by atoms with E-state index in [1.165, 1.54) is 16.7 Å². The highest BCUT2D eigenvalue weighted by atomic mass is 35.5. The van der Waals surface area contributed by atoms with Crippen molar-refractivity contribution in [1.29, 1.82) is 0 Å². The molecule has 0 unspecified atom stereocenters. The van der Waals surface area contributed by atoms with Gasteiger partial charge in [0.25, 0.3) is 0 Å². The van der Waals surface area contributed by atoms with Crippen LogP contribution in [0.15, 0.2) is 53.9 Å². The van der Waals surface area contributed by atoms with Crippen molar-refractivity contribution >= 4 is 29.4 Å². The second-order valence-electron chi connectivity index (χ2n) is 4.15. The van der Waals surface area contributed by atoms with Gasteiger partial charge in [-0.25, -0.2) is 0 Å². The van der Waals surface area contributed by atoms with Crippen molar-refractivity contribution in [2.45, 2.75) is 12.7 Å². The van der Waals surface area contributed by atoms with Crippen LogP contribution in [-0.4, -0.2) is 0 Å². The summed E-state index contributed by atoms with van der Waals surface area (Å²) in [5, 5.41) is 2.93. The molecule has 18 heavy (non-hydrogen) atoms. The Morgan fingerprint density at radius 2 is 1.67 bits per heavy atom. The van der Waals surface area contributed by atoms with E-state index in [2.05, 4.69) is 54.8 Å². The SMILES string of the molecule is Cc1ccc(C=CSCc2ccc(Cl)cc2)cc1. The van der Waals surface area contributed by atoms with Crippen LogP contribution in [0.2, 0.25) is 5.02 Å². The van der Waals surface area contributed by atoms with Gasteiger partial charge in [-0.05, 0) is 41.7 Å². The highest BCUT2D eigenvalue weighted by molar-refractivity contribution is 8.01. The van der Waals surface area contributed by atoms with Crippen molar-refractivity contribution in [1.82, 2.24) is 0 Å². The van der Waals surface area contributed by atoms with E-state index in [4.69, 9.17) is 11.6 Å². The minimum absolute atomic E-state index is 0.791. The molecule has 0 fully saturated rings. The Morgan fingerprint density at radius 1 is 1.00 bits per heavy atom. The van der Waals surface area contributed by atoms with Crippen molar-refractivity contribution in [3.8, 4) is 0 Å². The third-order valence-electron chi connectivity index (χ3n) is 2.60. The normalized spacial score (nSPS) is 11.0. The quantitative estimate of drug-likeness (QED) is 0.704. The van der Waals surface area contributed by atoms with Gasteiger partial charge in [-0.3, -0.25) is 0 Å². The molecule has 0 bridgehead atoms. The van der Waals surface area contributed by atoms with Gasteiger partial charge in [0.05, 0.1) is 0 Å². The van der Waals surface area contributed by atoms with E-state index in [-0.39, 0.29) is 0 Å². The minimum Gasteiger partial charge on any atom is -0.129 e. The molecule has 0 heterocycles. The molecule has 2 aromatic carbocycles. The first kappa shape index (κ1) is 13.3. The Labute approximate surface area is 118 Å². The predicted octanol–water partition coefficient (Wildman–Crippen LogP) is 5.55. The van der Waals surface area contributed by atoms with Crippen LogP contribution in [0.5, 0.6) is 0 Å². The van der Waals surface area contributed by atoms with Gasteiger partial charge in [-0.2, -0.15) is 0 Å². The number of aryl methyl sites for hydroxylation is 1. The summed E-state index contributed by atoms with van der Waals surface area (Å²) in [5.74, 6) is 0.972. The first-order chi connectivity index (χ1) is 8.74. The second-order valence-corrected chi connectivity index (χ2v) is 5.48. The van der Waals surface area contributed by atoms with Gasteiger partial charge in [0.1, 0.15) is 0 Å². The maximum atomic E-state index is 5.84. The summed E-state index contributed by atoms with van der Waals surface area (Å²) >= 11 is 7.63. The third-order valence-corrected chi connectivity index (χ3v) is 3.68. The van der Waals surface area contributed by atoms with E-state index >= 15 is 0 Å². The average molecular weight is 275 g/mol. The van der Waals surface area contributed by atoms with Crippen LogP contribution in [0.4, 0.5) is 0 Å². The lowest BCUT2D eigenvalue weighted by Gasteiger charge is -1.98. The topological polar surface area (TPSA) is 0 Å². The van der Waals surface area contributed by atoms with Crippen molar-refractivity contribution in [2.75, 3.05) is 0 Å². The Hall–Kier alpha value is -1.18. The van der Waals surface area contributed by atoms with E-state index < -0.39 is 0 Å². The molecule has 0 saturated heterocycles. The largest absolute Gasteiger partial charge is 0.129 e. The summed E-state index contributed by atoms with van der Waals surface area (Å²) in [4.78, 5) is 0. The molecular weight excluding hydrogens is 260 g/mol. The lowest BCUT2D eigenvalue weighted by molar-refractivity contribution is 1.42. The van der Waals surface area contributed by atoms with Crippen LogP contribution in [0.1, 0.15) is 16.7 Å². The highest BCUT2D eigenvalue weighted by Gasteiger charge is 1.92. The van der Waals surface area contributed by atoms with Gasteiger partial charge < -0.3 is 0 Å². The molecule has 0 N–H and O–H groups in total. The van der Waals surface area contributed by atoms with Crippen molar-refractivity contribution < 1.29 is 0 Å². The Kier molecular flexibility index (Phi) is 4.91. The zero-order valence-corrected chi connectivity index (χ0v) is 11.8. The van der Waals surface area contributed by atoms with Crippen molar-refractivity contribution in [2.24, 2.45) is 0 Å². The molecule has 0 radical (unpaired) electrons. The van der Waals surface area contributed by atoms with Gasteiger partial charge in [0.2, 0.25) is 0 Å². The molecule has 0 aromatic heterocycles. The number of benzene rings is 2. The lowest BCUT2D eigenvalue weighted by atomic mass is 10.2. The Bertz CT molecular complexity index is 512. The maximum Gasteiger partial charge on any atom is 0.0406 e. The van der Waals surface area contributed by atoms with Crippen LogP contribution >= 0.6 is 23.4 Å². The minimum atomic E-state index is 0.791. The molecule has 0 spiro atoms. The number of thioether (sulfide) groups is 1. The fourth-order valence-electron chi connectivity index (χ4n) is 1.53. The number of hydrogen-bond acceptors (Lipinski definition) is 1. The second kappa shape index (κ2) is 6.67. The molecular formula is C16H15ClS. The van der Waals surface area contributed by atoms with E-state index in [1.54, 1.807) is 11.8 Å². The zero-order valence-electron chi connectivity index (χ0n) is 10.3. The van der Waals surface area contributed by atoms with E-state index in [9.17, 15) is 0 Å². The van der Waals surface area contributed by atoms with Gasteiger partial charge >= 0.3 is 0 Å². The van der Waals surface area contributed by atoms with Crippen LogP contribution in [0.25, 0.3) is 6.08 Å². The van der Waals surface area contributed by atoms with Gasteiger partial charge in [-0.1, -0.05) is 53.6 Å². The molecule has 0 amide bonds. The first-order valence-corrected chi connectivity index (χ1v) is 7.26. The lowest BCUT2D eigenvalue weighted by Crippen LogP contribution is -1.77. The standard InChI is InChI=1S/C16H15ClS/c1-13-2-4-14(5-3-13)10-11-18-12-15-6-8-16(17)9-7-15/h2-11H,12H2,1H3. The summed E-state index contributed by atoms with van der Waals surface area (Å²) in [6.07, 6.45) is 2.14. The molecule has 0 aliphatic heterocycles. The summed E-state index contributed by atoms with van der Waals surface area (Å²) < 4.78 is 0. The summed E-state index contributed by atoms with van der Waals surface area (Å²) in [7, 11) is 0. The van der Waals surface area contributed by atoms with Gasteiger partial charge in [0.15, 0.2) is 0 Å². The number of rotatable bonds is 4. The molecule has 0 aliphatic carbocycles. The molecule has 2 heteroatoms. The molecule has 0 saturated carbocycles. The van der Waals surface area contributed by atoms with Gasteiger partial charge in [-0.15, -0.1) is 11.8 Å². The molecule has 92 valence electrons. The summed E-state index contributed by atoms with van der Waals surface area (Å²) in [5.41, 5.74) is 3.82. The maximum absolute atomic E-state index is 5.84. The highest BCUT2D eigenvalue weighted by Crippen LogP contribution is 2.17. The zero-order chi connectivity index (χ0) is 12.8. The van der Waals surface area contributed by atoms with Crippen LogP contribution in [0, 0.1) is 6.92 Å². The van der Waals surface area contributed by atoms with Crippen molar-refractivity contribution in [3.63, 3.8) is 0 Å². The number of halogens is 1. The molecule has 0 atom stereocenters. The fraction of sp³-hybridized carbons (Fsp3) is 0.125. The molecule has 0 aliphatic rings. The van der Waals surface area contributed by atoms with E-state index in [0.717, 1.165) is 10.8 Å². The predicted molar refractivity (Wildman–Crippen MR) is 83.0 cm³/mol. The number of hydrogen-bond donors (Lipinski definition) is 0. The average Bonchev–Trinajstić information content (AvgIpc) is 2.39.